The van der Waals surface area contributed by atoms with Crippen LogP contribution in [-0.4, -0.2) is 22.7 Å². The molecule has 1 heterocycles. The van der Waals surface area contributed by atoms with Gasteiger partial charge in [0.25, 0.3) is 0 Å². The van der Waals surface area contributed by atoms with Gasteiger partial charge in [0.1, 0.15) is 11.9 Å². The highest BCUT2D eigenvalue weighted by atomic mass is 19.1. The van der Waals surface area contributed by atoms with E-state index in [-0.39, 0.29) is 11.7 Å². The van der Waals surface area contributed by atoms with Gasteiger partial charge in [0, 0.05) is 11.3 Å². The predicted molar refractivity (Wildman–Crippen MR) is 82.9 cm³/mol. The zero-order chi connectivity index (χ0) is 15.9. The van der Waals surface area contributed by atoms with Crippen molar-refractivity contribution in [2.75, 3.05) is 4.90 Å². The molecule has 0 fully saturated rings. The summed E-state index contributed by atoms with van der Waals surface area (Å²) in [5.74, 6) is -1.23. The van der Waals surface area contributed by atoms with Gasteiger partial charge in [-0.3, -0.25) is 0 Å². The molecule has 0 saturated heterocycles. The van der Waals surface area contributed by atoms with E-state index >= 15 is 0 Å². The SMILES string of the molecule is CC1=CC(C)(C)N([C@H](C(=O)O)C(C)C)c2ccc(F)cc21. The predicted octanol–water partition coefficient (Wildman–Crippen LogP) is 3.94. The summed E-state index contributed by atoms with van der Waals surface area (Å²) in [4.78, 5) is 13.6. The summed E-state index contributed by atoms with van der Waals surface area (Å²) in [6, 6.07) is 3.89. The Balaban J connectivity index is 2.67. The Bertz CT molecular complexity index is 605. The van der Waals surface area contributed by atoms with E-state index in [0.29, 0.717) is 0 Å². The van der Waals surface area contributed by atoms with Crippen LogP contribution in [0.1, 0.15) is 40.2 Å². The quantitative estimate of drug-likeness (QED) is 0.917. The maximum absolute atomic E-state index is 13.5. The Kier molecular flexibility index (Phi) is 3.83. The molecule has 1 atom stereocenters. The smallest absolute Gasteiger partial charge is 0.326 e. The zero-order valence-corrected chi connectivity index (χ0v) is 13.1. The van der Waals surface area contributed by atoms with E-state index < -0.39 is 17.6 Å². The number of allylic oxidation sites excluding steroid dienone is 1. The van der Waals surface area contributed by atoms with E-state index in [1.165, 1.54) is 12.1 Å². The molecule has 1 N–H and O–H groups in total. The van der Waals surface area contributed by atoms with Crippen molar-refractivity contribution < 1.29 is 14.3 Å². The zero-order valence-electron chi connectivity index (χ0n) is 13.1. The topological polar surface area (TPSA) is 40.5 Å². The highest BCUT2D eigenvalue weighted by Gasteiger charge is 2.40. The van der Waals surface area contributed by atoms with E-state index in [1.807, 2.05) is 45.6 Å². The molecule has 1 aliphatic heterocycles. The second-order valence-electron chi connectivity index (χ2n) is 6.54. The summed E-state index contributed by atoms with van der Waals surface area (Å²) in [5.41, 5.74) is 2.07. The van der Waals surface area contributed by atoms with Crippen molar-refractivity contribution in [3.05, 3.63) is 35.7 Å². The first-order valence-electron chi connectivity index (χ1n) is 7.16. The summed E-state index contributed by atoms with van der Waals surface area (Å²) < 4.78 is 13.5. The van der Waals surface area contributed by atoms with Crippen molar-refractivity contribution in [3.8, 4) is 0 Å². The number of carboxylic acids is 1. The minimum Gasteiger partial charge on any atom is -0.480 e. The van der Waals surface area contributed by atoms with Gasteiger partial charge in [-0.2, -0.15) is 0 Å². The van der Waals surface area contributed by atoms with Crippen LogP contribution in [-0.2, 0) is 4.79 Å². The third-order valence-electron chi connectivity index (χ3n) is 4.00. The maximum Gasteiger partial charge on any atom is 0.326 e. The van der Waals surface area contributed by atoms with Crippen LogP contribution in [0, 0.1) is 11.7 Å². The summed E-state index contributed by atoms with van der Waals surface area (Å²) in [5, 5.41) is 9.64. The van der Waals surface area contributed by atoms with E-state index in [1.54, 1.807) is 6.07 Å². The molecule has 1 aromatic rings. The van der Waals surface area contributed by atoms with Crippen LogP contribution in [0.3, 0.4) is 0 Å². The molecule has 0 aromatic heterocycles. The molecule has 4 heteroatoms. The Labute approximate surface area is 125 Å². The average molecular weight is 291 g/mol. The molecule has 114 valence electrons. The van der Waals surface area contributed by atoms with Gasteiger partial charge in [0.2, 0.25) is 0 Å². The van der Waals surface area contributed by atoms with Crippen molar-refractivity contribution in [1.82, 2.24) is 0 Å². The van der Waals surface area contributed by atoms with Gasteiger partial charge in [-0.15, -0.1) is 0 Å². The van der Waals surface area contributed by atoms with Gasteiger partial charge in [0.15, 0.2) is 0 Å². The van der Waals surface area contributed by atoms with Crippen LogP contribution in [0.15, 0.2) is 24.3 Å². The monoisotopic (exact) mass is 291 g/mol. The van der Waals surface area contributed by atoms with Crippen LogP contribution < -0.4 is 4.90 Å². The lowest BCUT2D eigenvalue weighted by Crippen LogP contribution is -2.56. The van der Waals surface area contributed by atoms with Crippen molar-refractivity contribution in [1.29, 1.82) is 0 Å². The van der Waals surface area contributed by atoms with E-state index in [0.717, 1.165) is 16.8 Å². The Morgan fingerprint density at radius 2 is 1.95 bits per heavy atom. The molecule has 0 radical (unpaired) electrons. The van der Waals surface area contributed by atoms with Gasteiger partial charge in [-0.05, 0) is 50.5 Å². The number of hydrogen-bond donors (Lipinski definition) is 1. The molecule has 21 heavy (non-hydrogen) atoms. The first-order valence-corrected chi connectivity index (χ1v) is 7.16. The fourth-order valence-corrected chi connectivity index (χ4v) is 3.22. The minimum absolute atomic E-state index is 0.0634. The minimum atomic E-state index is -0.860. The molecule has 0 unspecified atom stereocenters. The number of nitrogens with zero attached hydrogens (tertiary/aromatic N) is 1. The first-order chi connectivity index (χ1) is 9.65. The molecular weight excluding hydrogens is 269 g/mol. The number of hydrogen-bond acceptors (Lipinski definition) is 2. The number of carbonyl (C=O) groups is 1. The molecule has 1 aliphatic rings. The lowest BCUT2D eigenvalue weighted by atomic mass is 9.85. The first kappa shape index (κ1) is 15.5. The van der Waals surface area contributed by atoms with E-state index in [2.05, 4.69) is 0 Å². The van der Waals surface area contributed by atoms with Crippen molar-refractivity contribution >= 4 is 17.2 Å². The van der Waals surface area contributed by atoms with Gasteiger partial charge < -0.3 is 10.0 Å². The fraction of sp³-hybridized carbons (Fsp3) is 0.471. The molecule has 0 spiro atoms. The normalized spacial score (nSPS) is 18.2. The molecule has 0 aliphatic carbocycles. The van der Waals surface area contributed by atoms with Gasteiger partial charge in [-0.1, -0.05) is 19.9 Å². The molecule has 1 aromatic carbocycles. The summed E-state index contributed by atoms with van der Waals surface area (Å²) in [6.07, 6.45) is 2.01. The molecule has 0 amide bonds. The number of fused-ring (bicyclic) bond motifs is 1. The van der Waals surface area contributed by atoms with Crippen LogP contribution in [0.4, 0.5) is 10.1 Å². The number of rotatable bonds is 3. The third-order valence-corrected chi connectivity index (χ3v) is 4.00. The van der Waals surface area contributed by atoms with Crippen molar-refractivity contribution in [2.45, 2.75) is 46.2 Å². The van der Waals surface area contributed by atoms with E-state index in [9.17, 15) is 14.3 Å². The second-order valence-corrected chi connectivity index (χ2v) is 6.54. The molecule has 2 rings (SSSR count). The maximum atomic E-state index is 13.5. The lowest BCUT2D eigenvalue weighted by Gasteiger charge is -2.47. The number of anilines is 1. The standard InChI is InChI=1S/C17H22FNO2/c1-10(2)15(16(20)21)19-14-7-6-12(18)8-13(14)11(3)9-17(19,4)5/h6-10,15H,1-5H3,(H,20,21)/t15-/m0/s1. The van der Waals surface area contributed by atoms with Crippen LogP contribution >= 0.6 is 0 Å². The highest BCUT2D eigenvalue weighted by molar-refractivity contribution is 5.87. The highest BCUT2D eigenvalue weighted by Crippen LogP contribution is 2.41. The summed E-state index contributed by atoms with van der Waals surface area (Å²) >= 11 is 0. The Morgan fingerprint density at radius 1 is 1.33 bits per heavy atom. The number of halogens is 1. The number of carboxylic acid groups (broad SMARTS) is 1. The number of benzene rings is 1. The third kappa shape index (κ3) is 2.67. The van der Waals surface area contributed by atoms with Crippen LogP contribution in [0.2, 0.25) is 0 Å². The van der Waals surface area contributed by atoms with Gasteiger partial charge >= 0.3 is 5.97 Å². The number of aliphatic carboxylic acids is 1. The van der Waals surface area contributed by atoms with E-state index in [4.69, 9.17) is 0 Å². The van der Waals surface area contributed by atoms with Crippen LogP contribution in [0.25, 0.3) is 5.57 Å². The lowest BCUT2D eigenvalue weighted by molar-refractivity contribution is -0.140. The van der Waals surface area contributed by atoms with Gasteiger partial charge in [-0.25, -0.2) is 9.18 Å². The van der Waals surface area contributed by atoms with Gasteiger partial charge in [0.05, 0.1) is 5.54 Å². The summed E-state index contributed by atoms with van der Waals surface area (Å²) in [6.45, 7) is 9.69. The molecular formula is C17H22FNO2. The summed E-state index contributed by atoms with van der Waals surface area (Å²) in [7, 11) is 0. The van der Waals surface area contributed by atoms with Crippen LogP contribution in [0.5, 0.6) is 0 Å². The fourth-order valence-electron chi connectivity index (χ4n) is 3.22. The Morgan fingerprint density at radius 3 is 2.48 bits per heavy atom. The molecule has 0 saturated carbocycles. The second kappa shape index (κ2) is 5.17. The Hall–Kier alpha value is -1.84. The molecule has 0 bridgehead atoms. The molecule has 3 nitrogen and oxygen atoms in total. The average Bonchev–Trinajstić information content (AvgIpc) is 2.33. The largest absolute Gasteiger partial charge is 0.480 e. The van der Waals surface area contributed by atoms with Crippen molar-refractivity contribution in [3.63, 3.8) is 0 Å². The van der Waals surface area contributed by atoms with Crippen molar-refractivity contribution in [2.24, 2.45) is 5.92 Å².